The van der Waals surface area contributed by atoms with Crippen molar-refractivity contribution < 1.29 is 23.9 Å². The molecular formula is C22H26N2O6S. The summed E-state index contributed by atoms with van der Waals surface area (Å²) in [4.78, 5) is 23.5. The number of methoxy groups -OCH3 is 1. The number of carbonyl (C=O) groups excluding carboxylic acids is 1. The number of nitro benzene ring substituents is 1. The van der Waals surface area contributed by atoms with Crippen LogP contribution in [0.3, 0.4) is 0 Å². The summed E-state index contributed by atoms with van der Waals surface area (Å²) in [5.41, 5.74) is 0.917. The second kappa shape index (κ2) is 11.0. The van der Waals surface area contributed by atoms with E-state index in [1.54, 1.807) is 26.2 Å². The Morgan fingerprint density at radius 2 is 2.06 bits per heavy atom. The van der Waals surface area contributed by atoms with Gasteiger partial charge < -0.3 is 19.5 Å². The van der Waals surface area contributed by atoms with Crippen LogP contribution in [0.15, 0.2) is 47.4 Å². The number of hydrogen-bond acceptors (Lipinski definition) is 7. The van der Waals surface area contributed by atoms with E-state index in [0.29, 0.717) is 24.7 Å². The van der Waals surface area contributed by atoms with Crippen LogP contribution in [0.5, 0.6) is 11.5 Å². The minimum atomic E-state index is -0.447. The highest BCUT2D eigenvalue weighted by Crippen LogP contribution is 2.29. The molecule has 1 N–H and O–H groups in total. The summed E-state index contributed by atoms with van der Waals surface area (Å²) in [5, 5.41) is 13.3. The average Bonchev–Trinajstić information content (AvgIpc) is 3.30. The van der Waals surface area contributed by atoms with Crippen LogP contribution in [0.4, 0.5) is 5.69 Å². The normalized spacial score (nSPS) is 16.5. The van der Waals surface area contributed by atoms with Crippen LogP contribution in [0.2, 0.25) is 0 Å². The lowest BCUT2D eigenvalue weighted by atomic mass is 10.2. The summed E-state index contributed by atoms with van der Waals surface area (Å²) in [5.74, 6) is 1.13. The van der Waals surface area contributed by atoms with E-state index in [1.165, 1.54) is 23.9 Å². The first-order valence-corrected chi connectivity index (χ1v) is 10.9. The van der Waals surface area contributed by atoms with Crippen molar-refractivity contribution in [1.82, 2.24) is 5.32 Å². The van der Waals surface area contributed by atoms with Gasteiger partial charge in [0, 0.05) is 30.2 Å². The predicted octanol–water partition coefficient (Wildman–Crippen LogP) is 3.96. The molecule has 31 heavy (non-hydrogen) atoms. The number of rotatable bonds is 10. The van der Waals surface area contributed by atoms with Gasteiger partial charge in [0.25, 0.3) is 5.69 Å². The Labute approximate surface area is 185 Å². The number of nitrogens with zero attached hydrogens (tertiary/aromatic N) is 1. The van der Waals surface area contributed by atoms with Gasteiger partial charge >= 0.3 is 0 Å². The lowest BCUT2D eigenvalue weighted by Gasteiger charge is -2.16. The molecule has 1 amide bonds. The van der Waals surface area contributed by atoms with Gasteiger partial charge in [0.15, 0.2) is 11.5 Å². The van der Waals surface area contributed by atoms with Crippen LogP contribution in [0.1, 0.15) is 25.3 Å². The van der Waals surface area contributed by atoms with Crippen LogP contribution in [0.25, 0.3) is 0 Å². The Kier molecular flexibility index (Phi) is 8.13. The van der Waals surface area contributed by atoms with Crippen molar-refractivity contribution in [2.24, 2.45) is 0 Å². The maximum atomic E-state index is 12.5. The van der Waals surface area contributed by atoms with Crippen molar-refractivity contribution in [3.8, 4) is 11.5 Å². The molecule has 1 aliphatic rings. The minimum Gasteiger partial charge on any atom is -0.493 e. The zero-order valence-electron chi connectivity index (χ0n) is 17.5. The van der Waals surface area contributed by atoms with Gasteiger partial charge in [-0.05, 0) is 49.6 Å². The van der Waals surface area contributed by atoms with Crippen LogP contribution in [-0.2, 0) is 16.1 Å². The number of nitro groups is 1. The Balaban J connectivity index is 1.50. The lowest BCUT2D eigenvalue weighted by Crippen LogP contribution is -2.30. The highest BCUT2D eigenvalue weighted by atomic mass is 32.2. The molecule has 2 atom stereocenters. The molecule has 0 saturated carbocycles. The molecule has 1 fully saturated rings. The fourth-order valence-corrected chi connectivity index (χ4v) is 4.03. The van der Waals surface area contributed by atoms with E-state index in [4.69, 9.17) is 14.2 Å². The molecule has 2 aromatic carbocycles. The Hall–Kier alpha value is -2.78. The maximum Gasteiger partial charge on any atom is 0.269 e. The summed E-state index contributed by atoms with van der Waals surface area (Å²) in [6, 6.07) is 11.7. The van der Waals surface area contributed by atoms with E-state index < -0.39 is 4.92 Å². The van der Waals surface area contributed by atoms with Crippen LogP contribution < -0.4 is 14.8 Å². The monoisotopic (exact) mass is 446 g/mol. The van der Waals surface area contributed by atoms with Crippen molar-refractivity contribution >= 4 is 23.4 Å². The minimum absolute atomic E-state index is 0.0265. The summed E-state index contributed by atoms with van der Waals surface area (Å²) in [6.45, 7) is 3.42. The van der Waals surface area contributed by atoms with E-state index in [9.17, 15) is 14.9 Å². The number of carbonyl (C=O) groups is 1. The van der Waals surface area contributed by atoms with Gasteiger partial charge in [0.05, 0.1) is 23.4 Å². The third kappa shape index (κ3) is 6.60. The Morgan fingerprint density at radius 3 is 2.71 bits per heavy atom. The van der Waals surface area contributed by atoms with E-state index in [2.05, 4.69) is 5.32 Å². The zero-order chi connectivity index (χ0) is 22.2. The number of nitrogens with one attached hydrogen (secondary N) is 1. The Bertz CT molecular complexity index is 899. The van der Waals surface area contributed by atoms with Gasteiger partial charge in [-0.25, -0.2) is 0 Å². The van der Waals surface area contributed by atoms with Gasteiger partial charge in [-0.2, -0.15) is 0 Å². The summed E-state index contributed by atoms with van der Waals surface area (Å²) in [6.07, 6.45) is 2.19. The smallest absolute Gasteiger partial charge is 0.269 e. The molecule has 0 aliphatic carbocycles. The third-order valence-electron chi connectivity index (χ3n) is 4.87. The molecule has 2 unspecified atom stereocenters. The molecule has 3 rings (SSSR count). The second-order valence-electron chi connectivity index (χ2n) is 7.16. The molecule has 0 aromatic heterocycles. The first-order valence-electron chi connectivity index (χ1n) is 10.1. The third-order valence-corrected chi connectivity index (χ3v) is 5.99. The van der Waals surface area contributed by atoms with Crippen LogP contribution in [-0.4, -0.2) is 42.5 Å². The number of thioether (sulfide) groups is 1. The highest BCUT2D eigenvalue weighted by Gasteiger charge is 2.18. The zero-order valence-corrected chi connectivity index (χ0v) is 18.4. The molecule has 1 heterocycles. The number of benzene rings is 2. The summed E-state index contributed by atoms with van der Waals surface area (Å²) in [7, 11) is 1.58. The highest BCUT2D eigenvalue weighted by molar-refractivity contribution is 8.00. The number of ether oxygens (including phenoxy) is 3. The van der Waals surface area contributed by atoms with Crippen molar-refractivity contribution in [3.05, 3.63) is 58.1 Å². The second-order valence-corrected chi connectivity index (χ2v) is 8.57. The van der Waals surface area contributed by atoms with Gasteiger partial charge in [-0.15, -0.1) is 11.8 Å². The molecule has 9 heteroatoms. The first-order chi connectivity index (χ1) is 15.0. The average molecular weight is 447 g/mol. The molecule has 1 saturated heterocycles. The molecule has 0 bridgehead atoms. The standard InChI is InChI=1S/C22H26N2O6S/c1-15(31-19-8-6-17(7-9-19)24(26)27)22(25)23-13-16-5-10-20(21(12-16)28-2)30-14-18-4-3-11-29-18/h5-10,12,15,18H,3-4,11,13-14H2,1-2H3,(H,23,25). The van der Waals surface area contributed by atoms with Gasteiger partial charge in [0.2, 0.25) is 5.91 Å². The topological polar surface area (TPSA) is 99.9 Å². The van der Waals surface area contributed by atoms with E-state index in [1.807, 2.05) is 18.2 Å². The van der Waals surface area contributed by atoms with Crippen molar-refractivity contribution in [3.63, 3.8) is 0 Å². The first kappa shape index (κ1) is 22.9. The van der Waals surface area contributed by atoms with Crippen molar-refractivity contribution in [1.29, 1.82) is 0 Å². The predicted molar refractivity (Wildman–Crippen MR) is 118 cm³/mol. The molecule has 166 valence electrons. The van der Waals surface area contributed by atoms with E-state index >= 15 is 0 Å². The lowest BCUT2D eigenvalue weighted by molar-refractivity contribution is -0.384. The number of amides is 1. The fraction of sp³-hybridized carbons (Fsp3) is 0.409. The fourth-order valence-electron chi connectivity index (χ4n) is 3.14. The molecule has 8 nitrogen and oxygen atoms in total. The van der Waals surface area contributed by atoms with Gasteiger partial charge in [-0.3, -0.25) is 14.9 Å². The van der Waals surface area contributed by atoms with E-state index in [0.717, 1.165) is 29.9 Å². The molecule has 1 aliphatic heterocycles. The molecular weight excluding hydrogens is 420 g/mol. The van der Waals surface area contributed by atoms with E-state index in [-0.39, 0.29) is 22.9 Å². The number of non-ortho nitro benzene ring substituents is 1. The number of hydrogen-bond donors (Lipinski definition) is 1. The van der Waals surface area contributed by atoms with Crippen molar-refractivity contribution in [2.75, 3.05) is 20.3 Å². The van der Waals surface area contributed by atoms with Crippen LogP contribution in [0, 0.1) is 10.1 Å². The van der Waals surface area contributed by atoms with Crippen LogP contribution >= 0.6 is 11.8 Å². The summed E-state index contributed by atoms with van der Waals surface area (Å²) < 4.78 is 16.8. The van der Waals surface area contributed by atoms with Gasteiger partial charge in [-0.1, -0.05) is 6.07 Å². The maximum absolute atomic E-state index is 12.5. The van der Waals surface area contributed by atoms with Crippen molar-refractivity contribution in [2.45, 2.75) is 42.6 Å². The molecule has 0 spiro atoms. The van der Waals surface area contributed by atoms with Gasteiger partial charge in [0.1, 0.15) is 6.61 Å². The quantitative estimate of drug-likeness (QED) is 0.335. The summed E-state index contributed by atoms with van der Waals surface area (Å²) >= 11 is 1.34. The largest absolute Gasteiger partial charge is 0.493 e. The SMILES string of the molecule is COc1cc(CNC(=O)C(C)Sc2ccc([N+](=O)[O-])cc2)ccc1OCC1CCCO1. The molecule has 2 aromatic rings. The molecule has 0 radical (unpaired) electrons. The Morgan fingerprint density at radius 1 is 1.29 bits per heavy atom.